The van der Waals surface area contributed by atoms with Gasteiger partial charge in [0.25, 0.3) is 11.8 Å². The summed E-state index contributed by atoms with van der Waals surface area (Å²) in [5.41, 5.74) is 4.41. The summed E-state index contributed by atoms with van der Waals surface area (Å²) in [6.07, 6.45) is 4.50. The van der Waals surface area contributed by atoms with Gasteiger partial charge in [-0.05, 0) is 73.9 Å². The normalized spacial score (nSPS) is 15.3. The summed E-state index contributed by atoms with van der Waals surface area (Å²) in [5, 5.41) is 14.8. The summed E-state index contributed by atoms with van der Waals surface area (Å²) in [5.74, 6) is -0.280. The topological polar surface area (TPSA) is 88.2 Å². The van der Waals surface area contributed by atoms with E-state index in [0.29, 0.717) is 23.4 Å². The van der Waals surface area contributed by atoms with Gasteiger partial charge in [0.15, 0.2) is 0 Å². The highest BCUT2D eigenvalue weighted by molar-refractivity contribution is 6.20. The third-order valence-corrected chi connectivity index (χ3v) is 7.11. The van der Waals surface area contributed by atoms with Gasteiger partial charge < -0.3 is 4.74 Å². The second-order valence-electron chi connectivity index (χ2n) is 9.82. The molecule has 0 fully saturated rings. The quantitative estimate of drug-likeness (QED) is 0.183. The van der Waals surface area contributed by atoms with E-state index in [1.165, 1.54) is 4.90 Å². The van der Waals surface area contributed by atoms with Crippen LogP contribution < -0.4 is 4.74 Å². The van der Waals surface area contributed by atoms with Crippen LogP contribution in [0.2, 0.25) is 0 Å². The van der Waals surface area contributed by atoms with Gasteiger partial charge in [-0.25, -0.2) is 4.68 Å². The summed E-state index contributed by atoms with van der Waals surface area (Å²) < 4.78 is 7.51. The molecule has 5 rings (SSSR count). The molecule has 1 aromatic heterocycles. The highest BCUT2D eigenvalue weighted by atomic mass is 16.5. The SMILES string of the molecule is CCCOc1ccc(-c2nn(-c3ccccc3)cc2/C=C2/C(=O)N(C(C)c3ccccc3)C(=O)C(C#N)=C2C)cc1. The molecule has 7 nitrogen and oxygen atoms in total. The lowest BCUT2D eigenvalue weighted by Gasteiger charge is -2.32. The van der Waals surface area contributed by atoms with Crippen molar-refractivity contribution >= 4 is 17.9 Å². The van der Waals surface area contributed by atoms with E-state index >= 15 is 0 Å². The van der Waals surface area contributed by atoms with Crippen LogP contribution in [-0.4, -0.2) is 33.1 Å². The molecule has 1 atom stereocenters. The van der Waals surface area contributed by atoms with Gasteiger partial charge in [0.1, 0.15) is 17.4 Å². The molecule has 0 radical (unpaired) electrons. The number of amides is 2. The van der Waals surface area contributed by atoms with Crippen molar-refractivity contribution in [3.05, 3.63) is 119 Å². The molecule has 4 aromatic rings. The molecule has 0 N–H and O–H groups in total. The van der Waals surface area contributed by atoms with Gasteiger partial charge in [0.2, 0.25) is 0 Å². The molecular weight excluding hydrogens is 512 g/mol. The maximum absolute atomic E-state index is 13.9. The number of benzene rings is 3. The average Bonchev–Trinajstić information content (AvgIpc) is 3.43. The average molecular weight is 543 g/mol. The van der Waals surface area contributed by atoms with Crippen molar-refractivity contribution in [3.8, 4) is 28.8 Å². The number of hydrogen-bond acceptors (Lipinski definition) is 5. The Hall–Kier alpha value is -5.22. The third kappa shape index (κ3) is 5.45. The summed E-state index contributed by atoms with van der Waals surface area (Å²) in [7, 11) is 0. The lowest BCUT2D eigenvalue weighted by molar-refractivity contribution is -0.143. The van der Waals surface area contributed by atoms with Crippen LogP contribution in [0.1, 0.15) is 44.4 Å². The smallest absolute Gasteiger partial charge is 0.272 e. The first-order chi connectivity index (χ1) is 19.9. The summed E-state index contributed by atoms with van der Waals surface area (Å²) in [6, 6.07) is 28.2. The standard InChI is InChI=1S/C34H30N4O3/c1-4-19-41-29-17-15-26(16-18-29)32-27(22-37(36-32)28-13-9-6-10-14-28)20-30-23(2)31(21-35)34(40)38(33(30)39)24(3)25-11-7-5-8-12-25/h5-18,20,22,24H,4,19H2,1-3H3/b30-20+. The zero-order valence-corrected chi connectivity index (χ0v) is 23.2. The molecule has 1 aliphatic rings. The first-order valence-corrected chi connectivity index (χ1v) is 13.6. The van der Waals surface area contributed by atoms with Gasteiger partial charge in [-0.15, -0.1) is 0 Å². The van der Waals surface area contributed by atoms with E-state index in [9.17, 15) is 14.9 Å². The lowest BCUT2D eigenvalue weighted by atomic mass is 9.91. The first kappa shape index (κ1) is 27.4. The molecule has 41 heavy (non-hydrogen) atoms. The summed E-state index contributed by atoms with van der Waals surface area (Å²) in [4.78, 5) is 28.5. The largest absolute Gasteiger partial charge is 0.494 e. The number of rotatable bonds is 8. The Kier molecular flexibility index (Phi) is 7.93. The van der Waals surface area contributed by atoms with E-state index in [-0.39, 0.29) is 11.1 Å². The van der Waals surface area contributed by atoms with Gasteiger partial charge >= 0.3 is 0 Å². The molecule has 3 aromatic carbocycles. The number of nitriles is 1. The van der Waals surface area contributed by atoms with E-state index < -0.39 is 17.9 Å². The van der Waals surface area contributed by atoms with Gasteiger partial charge in [0, 0.05) is 22.9 Å². The molecule has 1 unspecified atom stereocenters. The summed E-state index contributed by atoms with van der Waals surface area (Å²) >= 11 is 0. The molecule has 0 saturated carbocycles. The van der Waals surface area contributed by atoms with Crippen LogP contribution in [0.25, 0.3) is 23.0 Å². The van der Waals surface area contributed by atoms with E-state index in [1.807, 2.05) is 97.2 Å². The van der Waals surface area contributed by atoms with Gasteiger partial charge in [-0.3, -0.25) is 14.5 Å². The number of carbonyl (C=O) groups excluding carboxylic acids is 2. The van der Waals surface area contributed by atoms with Crippen LogP contribution in [0, 0.1) is 11.3 Å². The zero-order valence-electron chi connectivity index (χ0n) is 23.2. The fourth-order valence-electron chi connectivity index (χ4n) is 4.85. The molecular formula is C34H30N4O3. The Bertz CT molecular complexity index is 1680. The van der Waals surface area contributed by atoms with Crippen molar-refractivity contribution in [2.24, 2.45) is 0 Å². The third-order valence-electron chi connectivity index (χ3n) is 7.11. The predicted molar refractivity (Wildman–Crippen MR) is 158 cm³/mol. The second-order valence-corrected chi connectivity index (χ2v) is 9.82. The number of aromatic nitrogens is 2. The maximum Gasteiger partial charge on any atom is 0.272 e. The minimum absolute atomic E-state index is 0.0481. The van der Waals surface area contributed by atoms with E-state index in [4.69, 9.17) is 9.84 Å². The molecule has 0 aliphatic carbocycles. The van der Waals surface area contributed by atoms with Crippen LogP contribution in [0.3, 0.4) is 0 Å². The Labute approximate surface area is 239 Å². The van der Waals surface area contributed by atoms with Crippen molar-refractivity contribution < 1.29 is 14.3 Å². The Morgan fingerprint density at radius 3 is 2.24 bits per heavy atom. The number of carbonyl (C=O) groups is 2. The number of nitrogens with zero attached hydrogens (tertiary/aromatic N) is 4. The predicted octanol–water partition coefficient (Wildman–Crippen LogP) is 6.68. The Morgan fingerprint density at radius 2 is 1.61 bits per heavy atom. The number of ether oxygens (including phenoxy) is 1. The second kappa shape index (κ2) is 11.9. The maximum atomic E-state index is 13.9. The number of hydrogen-bond donors (Lipinski definition) is 0. The van der Waals surface area contributed by atoms with Crippen molar-refractivity contribution in [2.75, 3.05) is 6.61 Å². The molecule has 0 saturated heterocycles. The molecule has 0 bridgehead atoms. The van der Waals surface area contributed by atoms with Crippen LogP contribution in [-0.2, 0) is 9.59 Å². The molecule has 7 heteroatoms. The van der Waals surface area contributed by atoms with Gasteiger partial charge in [0.05, 0.1) is 24.0 Å². The van der Waals surface area contributed by atoms with Crippen LogP contribution in [0.15, 0.2) is 108 Å². The molecule has 2 heterocycles. The highest BCUT2D eigenvalue weighted by Crippen LogP contribution is 2.35. The van der Waals surface area contributed by atoms with Crippen molar-refractivity contribution in [2.45, 2.75) is 33.2 Å². The number of imide groups is 1. The van der Waals surface area contributed by atoms with Crippen molar-refractivity contribution in [3.63, 3.8) is 0 Å². The highest BCUT2D eigenvalue weighted by Gasteiger charge is 2.38. The first-order valence-electron chi connectivity index (χ1n) is 13.6. The van der Waals surface area contributed by atoms with Crippen LogP contribution in [0.4, 0.5) is 0 Å². The molecule has 2 amide bonds. The molecule has 204 valence electrons. The lowest BCUT2D eigenvalue weighted by Crippen LogP contribution is -2.44. The molecule has 1 aliphatic heterocycles. The van der Waals surface area contributed by atoms with Crippen LogP contribution in [0.5, 0.6) is 5.75 Å². The Morgan fingerprint density at radius 1 is 0.951 bits per heavy atom. The minimum atomic E-state index is -0.591. The fraction of sp³-hybridized carbons (Fsp3) is 0.176. The van der Waals surface area contributed by atoms with Crippen LogP contribution >= 0.6 is 0 Å². The summed E-state index contributed by atoms with van der Waals surface area (Å²) in [6.45, 7) is 6.12. The van der Waals surface area contributed by atoms with Crippen molar-refractivity contribution in [1.29, 1.82) is 5.26 Å². The molecule has 0 spiro atoms. The van der Waals surface area contributed by atoms with Gasteiger partial charge in [-0.1, -0.05) is 55.5 Å². The van der Waals surface area contributed by atoms with E-state index in [1.54, 1.807) is 24.6 Å². The monoisotopic (exact) mass is 542 g/mol. The zero-order chi connectivity index (χ0) is 28.9. The minimum Gasteiger partial charge on any atom is -0.494 e. The number of para-hydroxylation sites is 1. The van der Waals surface area contributed by atoms with Crippen molar-refractivity contribution in [1.82, 2.24) is 14.7 Å². The Balaban J connectivity index is 1.63. The van der Waals surface area contributed by atoms with E-state index in [2.05, 4.69) is 6.92 Å². The van der Waals surface area contributed by atoms with E-state index in [0.717, 1.165) is 29.0 Å². The van der Waals surface area contributed by atoms with Gasteiger partial charge in [-0.2, -0.15) is 10.4 Å². The fourth-order valence-corrected chi connectivity index (χ4v) is 4.85.